The van der Waals surface area contributed by atoms with Crippen LogP contribution in [-0.4, -0.2) is 81.5 Å². The van der Waals surface area contributed by atoms with E-state index in [2.05, 4.69) is 34.1 Å². The molecule has 3 fully saturated rings. The predicted molar refractivity (Wildman–Crippen MR) is 176 cm³/mol. The topological polar surface area (TPSA) is 79.6 Å². The number of thioether (sulfide) groups is 1. The SMILES string of the molecule is Cl.O=C(c1ncn(C2CCCCC2(O)COCC2CCSCC2)c1-c1ccccc1)N1CCNC[C@H]1Cc1ccccc1. The highest BCUT2D eigenvalue weighted by Crippen LogP contribution is 2.41. The molecule has 9 heteroatoms. The van der Waals surface area contributed by atoms with E-state index in [1.54, 1.807) is 6.33 Å². The highest BCUT2D eigenvalue weighted by atomic mass is 35.5. The van der Waals surface area contributed by atoms with Gasteiger partial charge in [-0.2, -0.15) is 11.8 Å². The first-order chi connectivity index (χ1) is 20.6. The van der Waals surface area contributed by atoms with E-state index >= 15 is 0 Å². The number of imidazole rings is 1. The first-order valence-electron chi connectivity index (χ1n) is 15.7. The van der Waals surface area contributed by atoms with Crippen LogP contribution < -0.4 is 5.32 Å². The molecule has 2 aliphatic heterocycles. The van der Waals surface area contributed by atoms with Crippen molar-refractivity contribution in [3.05, 3.63) is 78.2 Å². The molecule has 1 aromatic heterocycles. The Kier molecular flexibility index (Phi) is 11.2. The minimum absolute atomic E-state index is 0. The Morgan fingerprint density at radius 3 is 2.56 bits per heavy atom. The highest BCUT2D eigenvalue weighted by Gasteiger charge is 2.43. The summed E-state index contributed by atoms with van der Waals surface area (Å²) < 4.78 is 8.35. The Bertz CT molecular complexity index is 1300. The van der Waals surface area contributed by atoms with Crippen LogP contribution in [-0.2, 0) is 11.2 Å². The second-order valence-electron chi connectivity index (χ2n) is 12.2. The van der Waals surface area contributed by atoms with Crippen molar-refractivity contribution in [1.82, 2.24) is 19.8 Å². The van der Waals surface area contributed by atoms with Gasteiger partial charge in [-0.25, -0.2) is 4.98 Å². The number of aromatic nitrogens is 2. The molecule has 3 atom stereocenters. The van der Waals surface area contributed by atoms with E-state index in [0.717, 1.165) is 50.0 Å². The number of piperazine rings is 1. The maximum absolute atomic E-state index is 14.3. The standard InChI is InChI=1S/C34H44N4O3S.ClH/c39-33(37-18-17-35-22-29(37)21-26-9-3-1-4-10-26)31-32(28-11-5-2-6-12-28)38(25-36-31)30-13-7-8-16-34(30,40)24-41-23-27-14-19-42-20-15-27;/h1-6,9-12,25,27,29-30,35,40H,7-8,13-24H2;1H/t29-,30?,34?;/m1./s1. The fourth-order valence-electron chi connectivity index (χ4n) is 6.95. The first-order valence-corrected chi connectivity index (χ1v) is 16.8. The van der Waals surface area contributed by atoms with Crippen molar-refractivity contribution in [1.29, 1.82) is 0 Å². The largest absolute Gasteiger partial charge is 0.385 e. The van der Waals surface area contributed by atoms with Crippen LogP contribution in [0.3, 0.4) is 0 Å². The van der Waals surface area contributed by atoms with Crippen LogP contribution in [0.25, 0.3) is 11.3 Å². The van der Waals surface area contributed by atoms with Crippen LogP contribution in [0.15, 0.2) is 67.0 Å². The molecule has 0 radical (unpaired) electrons. The second-order valence-corrected chi connectivity index (χ2v) is 13.4. The number of halogens is 1. The third kappa shape index (κ3) is 7.48. The number of amides is 1. The summed E-state index contributed by atoms with van der Waals surface area (Å²) in [6.07, 6.45) is 8.48. The molecule has 7 nitrogen and oxygen atoms in total. The van der Waals surface area contributed by atoms with Crippen molar-refractivity contribution in [2.75, 3.05) is 44.4 Å². The average molecular weight is 625 g/mol. The summed E-state index contributed by atoms with van der Waals surface area (Å²) in [5.74, 6) is 2.94. The van der Waals surface area contributed by atoms with Crippen LogP contribution in [0.5, 0.6) is 0 Å². The molecular weight excluding hydrogens is 580 g/mol. The van der Waals surface area contributed by atoms with E-state index in [-0.39, 0.29) is 30.4 Å². The average Bonchev–Trinajstić information content (AvgIpc) is 3.47. The fourth-order valence-corrected chi connectivity index (χ4v) is 8.16. The van der Waals surface area contributed by atoms with Crippen LogP contribution in [0.4, 0.5) is 0 Å². The molecule has 2 unspecified atom stereocenters. The van der Waals surface area contributed by atoms with Gasteiger partial charge < -0.3 is 24.6 Å². The molecule has 6 rings (SSSR count). The lowest BCUT2D eigenvalue weighted by Crippen LogP contribution is -2.54. The predicted octanol–water partition coefficient (Wildman–Crippen LogP) is 5.63. The number of aliphatic hydroxyl groups is 1. The molecule has 0 bridgehead atoms. The molecule has 2 saturated heterocycles. The fraction of sp³-hybridized carbons (Fsp3) is 0.529. The normalized spacial score (nSPS) is 24.8. The van der Waals surface area contributed by atoms with Crippen LogP contribution in [0, 0.1) is 5.92 Å². The third-order valence-corrected chi connectivity index (χ3v) is 10.4. The van der Waals surface area contributed by atoms with Crippen molar-refractivity contribution in [3.8, 4) is 11.3 Å². The molecule has 2 aromatic carbocycles. The molecule has 3 aromatic rings. The third-order valence-electron chi connectivity index (χ3n) is 9.31. The molecule has 3 aliphatic rings. The van der Waals surface area contributed by atoms with Crippen LogP contribution in [0.1, 0.15) is 60.6 Å². The molecule has 2 N–H and O–H groups in total. The van der Waals surface area contributed by atoms with E-state index in [0.29, 0.717) is 37.8 Å². The number of benzene rings is 2. The van der Waals surface area contributed by atoms with Gasteiger partial charge in [0, 0.05) is 37.8 Å². The lowest BCUT2D eigenvalue weighted by molar-refractivity contribution is -0.104. The Morgan fingerprint density at radius 1 is 1.05 bits per heavy atom. The molecule has 43 heavy (non-hydrogen) atoms. The van der Waals surface area contributed by atoms with E-state index in [1.807, 2.05) is 53.1 Å². The molecule has 0 spiro atoms. The van der Waals surface area contributed by atoms with Gasteiger partial charge in [-0.1, -0.05) is 73.5 Å². The minimum Gasteiger partial charge on any atom is -0.385 e. The van der Waals surface area contributed by atoms with Gasteiger partial charge in [-0.05, 0) is 55.1 Å². The number of rotatable bonds is 9. The number of ether oxygens (including phenoxy) is 1. The summed E-state index contributed by atoms with van der Waals surface area (Å²) >= 11 is 2.02. The zero-order valence-electron chi connectivity index (χ0n) is 24.9. The number of carbonyl (C=O) groups is 1. The van der Waals surface area contributed by atoms with Crippen molar-refractivity contribution in [2.24, 2.45) is 5.92 Å². The Balaban J connectivity index is 0.00000368. The monoisotopic (exact) mass is 624 g/mol. The molecule has 1 saturated carbocycles. The van der Waals surface area contributed by atoms with Crippen molar-refractivity contribution in [2.45, 2.75) is 62.6 Å². The second kappa shape index (κ2) is 15.1. The van der Waals surface area contributed by atoms with E-state index in [1.165, 1.54) is 29.9 Å². The number of carbonyl (C=O) groups excluding carboxylic acids is 1. The summed E-state index contributed by atoms with van der Waals surface area (Å²) in [4.78, 5) is 21.1. The van der Waals surface area contributed by atoms with Gasteiger partial charge in [0.15, 0.2) is 5.69 Å². The molecule has 1 aliphatic carbocycles. The lowest BCUT2D eigenvalue weighted by atomic mass is 9.80. The quantitative estimate of drug-likeness (QED) is 0.321. The maximum Gasteiger partial charge on any atom is 0.275 e. The Hall–Kier alpha value is -2.36. The van der Waals surface area contributed by atoms with Gasteiger partial charge in [0.2, 0.25) is 0 Å². The maximum atomic E-state index is 14.3. The van der Waals surface area contributed by atoms with Crippen LogP contribution in [0.2, 0.25) is 0 Å². The number of hydrogen-bond acceptors (Lipinski definition) is 6. The van der Waals surface area contributed by atoms with Gasteiger partial charge in [0.1, 0.15) is 5.60 Å². The van der Waals surface area contributed by atoms with Crippen molar-refractivity contribution >= 4 is 30.1 Å². The summed E-state index contributed by atoms with van der Waals surface area (Å²) in [6, 6.07) is 20.3. The zero-order valence-corrected chi connectivity index (χ0v) is 26.5. The summed E-state index contributed by atoms with van der Waals surface area (Å²) in [7, 11) is 0. The number of nitrogens with zero attached hydrogens (tertiary/aromatic N) is 3. The van der Waals surface area contributed by atoms with Gasteiger partial charge in [0.25, 0.3) is 5.91 Å². The number of hydrogen-bond donors (Lipinski definition) is 2. The van der Waals surface area contributed by atoms with Crippen LogP contribution >= 0.6 is 24.2 Å². The zero-order chi connectivity index (χ0) is 28.8. The van der Waals surface area contributed by atoms with Gasteiger partial charge >= 0.3 is 0 Å². The Morgan fingerprint density at radius 2 is 1.79 bits per heavy atom. The molecular formula is C34H45ClN4O3S. The Labute approximate surface area is 266 Å². The number of nitrogens with one attached hydrogen (secondary N) is 1. The minimum atomic E-state index is -1.00. The van der Waals surface area contributed by atoms with Gasteiger partial charge in [0.05, 0.1) is 24.7 Å². The summed E-state index contributed by atoms with van der Waals surface area (Å²) in [5, 5.41) is 15.6. The summed E-state index contributed by atoms with van der Waals surface area (Å²) in [6.45, 7) is 3.17. The molecule has 232 valence electrons. The lowest BCUT2D eigenvalue weighted by Gasteiger charge is -2.41. The first kappa shape index (κ1) is 32.0. The molecule has 3 heterocycles. The van der Waals surface area contributed by atoms with E-state index < -0.39 is 5.60 Å². The van der Waals surface area contributed by atoms with E-state index in [9.17, 15) is 9.90 Å². The van der Waals surface area contributed by atoms with E-state index in [4.69, 9.17) is 9.72 Å². The smallest absolute Gasteiger partial charge is 0.275 e. The van der Waals surface area contributed by atoms with Gasteiger partial charge in [-0.15, -0.1) is 12.4 Å². The summed E-state index contributed by atoms with van der Waals surface area (Å²) in [5.41, 5.74) is 2.43. The molecule has 1 amide bonds. The van der Waals surface area contributed by atoms with Crippen molar-refractivity contribution in [3.63, 3.8) is 0 Å². The highest BCUT2D eigenvalue weighted by molar-refractivity contribution is 7.99. The van der Waals surface area contributed by atoms with Crippen molar-refractivity contribution < 1.29 is 14.6 Å². The van der Waals surface area contributed by atoms with Gasteiger partial charge in [-0.3, -0.25) is 4.79 Å².